The molecule has 1 aliphatic heterocycles. The third-order valence-corrected chi connectivity index (χ3v) is 6.42. The van der Waals surface area contributed by atoms with E-state index in [9.17, 15) is 13.2 Å². The summed E-state index contributed by atoms with van der Waals surface area (Å²) in [6, 6.07) is 24.5. The van der Waals surface area contributed by atoms with Gasteiger partial charge in [0.1, 0.15) is 5.84 Å². The second kappa shape index (κ2) is 9.65. The van der Waals surface area contributed by atoms with Crippen molar-refractivity contribution in [2.75, 3.05) is 23.7 Å². The molecular formula is C24H24N4O3S. The lowest BCUT2D eigenvalue weighted by Crippen LogP contribution is -2.23. The van der Waals surface area contributed by atoms with Crippen molar-refractivity contribution in [2.45, 2.75) is 17.7 Å². The van der Waals surface area contributed by atoms with Gasteiger partial charge in [-0.15, -0.1) is 0 Å². The zero-order valence-corrected chi connectivity index (χ0v) is 18.2. The monoisotopic (exact) mass is 448 g/mol. The number of benzene rings is 3. The van der Waals surface area contributed by atoms with E-state index in [2.05, 4.69) is 32.5 Å². The number of anilines is 2. The summed E-state index contributed by atoms with van der Waals surface area (Å²) in [7, 11) is -3.57. The number of rotatable bonds is 8. The number of sulfonamides is 1. The van der Waals surface area contributed by atoms with E-state index < -0.39 is 10.0 Å². The van der Waals surface area contributed by atoms with Gasteiger partial charge in [-0.1, -0.05) is 42.5 Å². The Balaban J connectivity index is 1.24. The minimum atomic E-state index is -3.57. The number of nitrogens with zero attached hydrogens (tertiary/aromatic N) is 1. The maximum absolute atomic E-state index is 12.2. The van der Waals surface area contributed by atoms with Gasteiger partial charge in [-0.25, -0.2) is 8.42 Å². The lowest BCUT2D eigenvalue weighted by molar-refractivity contribution is -0.116. The average molecular weight is 449 g/mol. The van der Waals surface area contributed by atoms with Crippen LogP contribution in [0.15, 0.2) is 88.8 Å². The highest BCUT2D eigenvalue weighted by Crippen LogP contribution is 2.22. The van der Waals surface area contributed by atoms with Gasteiger partial charge in [-0.3, -0.25) is 14.5 Å². The van der Waals surface area contributed by atoms with E-state index >= 15 is 0 Å². The van der Waals surface area contributed by atoms with Crippen molar-refractivity contribution in [3.8, 4) is 0 Å². The topological polar surface area (TPSA) is 99.7 Å². The van der Waals surface area contributed by atoms with E-state index in [0.717, 1.165) is 18.7 Å². The van der Waals surface area contributed by atoms with Crippen LogP contribution in [0, 0.1) is 0 Å². The van der Waals surface area contributed by atoms with E-state index in [1.807, 2.05) is 42.5 Å². The third-order valence-electron chi connectivity index (χ3n) is 5.03. The maximum Gasteiger partial charge on any atom is 0.263 e. The summed E-state index contributed by atoms with van der Waals surface area (Å²) in [6.45, 7) is 1.00. The van der Waals surface area contributed by atoms with Gasteiger partial charge in [0.05, 0.1) is 11.4 Å². The molecular weight excluding hydrogens is 424 g/mol. The first-order chi connectivity index (χ1) is 15.5. The molecule has 3 aromatic carbocycles. The molecule has 0 saturated heterocycles. The van der Waals surface area contributed by atoms with Crippen LogP contribution < -0.4 is 15.4 Å². The molecule has 3 N–H and O–H groups in total. The summed E-state index contributed by atoms with van der Waals surface area (Å²) in [5.74, 6) is 0.0904. The fourth-order valence-corrected chi connectivity index (χ4v) is 4.66. The van der Waals surface area contributed by atoms with Crippen LogP contribution in [-0.2, 0) is 21.2 Å². The van der Waals surface area contributed by atoms with Gasteiger partial charge in [0, 0.05) is 29.9 Å². The Kier molecular flexibility index (Phi) is 6.51. The van der Waals surface area contributed by atoms with Crippen molar-refractivity contribution in [2.24, 2.45) is 4.99 Å². The highest BCUT2D eigenvalue weighted by molar-refractivity contribution is 7.90. The first-order valence-corrected chi connectivity index (χ1v) is 11.8. The van der Waals surface area contributed by atoms with E-state index in [0.29, 0.717) is 11.3 Å². The number of nitrogens with one attached hydrogen (secondary N) is 3. The summed E-state index contributed by atoms with van der Waals surface area (Å²) in [4.78, 5) is 16.7. The number of fused-ring (bicyclic) bond motifs is 1. The Morgan fingerprint density at radius 2 is 1.56 bits per heavy atom. The van der Waals surface area contributed by atoms with Crippen LogP contribution in [0.2, 0.25) is 0 Å². The summed E-state index contributed by atoms with van der Waals surface area (Å²) >= 11 is 0. The van der Waals surface area contributed by atoms with Crippen LogP contribution in [-0.4, -0.2) is 33.3 Å². The minimum absolute atomic E-state index is 0.143. The lowest BCUT2D eigenvalue weighted by atomic mass is 10.1. The highest BCUT2D eigenvalue weighted by atomic mass is 32.2. The van der Waals surface area contributed by atoms with Gasteiger partial charge in [-0.2, -0.15) is 0 Å². The van der Waals surface area contributed by atoms with Crippen LogP contribution in [0.5, 0.6) is 0 Å². The molecule has 1 heterocycles. The van der Waals surface area contributed by atoms with Gasteiger partial charge < -0.3 is 10.6 Å². The smallest absolute Gasteiger partial charge is 0.263 e. The Labute approximate surface area is 187 Å². The molecule has 0 aromatic heterocycles. The summed E-state index contributed by atoms with van der Waals surface area (Å²) in [6.07, 6.45) is 1.08. The molecule has 0 aliphatic carbocycles. The Bertz CT molecular complexity index is 1220. The Hall–Kier alpha value is -3.65. The molecule has 0 radical (unpaired) electrons. The third kappa shape index (κ3) is 5.33. The number of hydrogen-bond acceptors (Lipinski definition) is 5. The molecule has 1 aliphatic rings. The predicted octanol–water partition coefficient (Wildman–Crippen LogP) is 3.41. The Morgan fingerprint density at radius 3 is 2.34 bits per heavy atom. The van der Waals surface area contributed by atoms with Crippen molar-refractivity contribution >= 4 is 33.1 Å². The standard InChI is InChI=1S/C24H24N4O3S/c29-23(15-17-26-24-21-8-4-5-9-22(21)32(30,31)28-24)27-20-12-10-19(11-13-20)25-16-14-18-6-2-1-3-7-18/h1-13,25H,14-17H2,(H,26,28)(H,27,29). The molecule has 0 atom stereocenters. The molecule has 0 bridgehead atoms. The van der Waals surface area contributed by atoms with Gasteiger partial charge in [0.15, 0.2) is 0 Å². The number of aliphatic imine (C=N–C) groups is 1. The van der Waals surface area contributed by atoms with Gasteiger partial charge in [-0.05, 0) is 48.4 Å². The molecule has 0 spiro atoms. The first kappa shape index (κ1) is 21.6. The van der Waals surface area contributed by atoms with Crippen molar-refractivity contribution in [3.63, 3.8) is 0 Å². The molecule has 0 fully saturated rings. The van der Waals surface area contributed by atoms with E-state index in [-0.39, 0.29) is 29.6 Å². The summed E-state index contributed by atoms with van der Waals surface area (Å²) in [5.41, 5.74) is 3.49. The molecule has 7 nitrogen and oxygen atoms in total. The second-order valence-electron chi connectivity index (χ2n) is 7.37. The second-order valence-corrected chi connectivity index (χ2v) is 9.02. The molecule has 1 amide bonds. The fourth-order valence-electron chi connectivity index (χ4n) is 3.41. The normalized spacial score (nSPS) is 15.1. The summed E-state index contributed by atoms with van der Waals surface area (Å²) < 4.78 is 26.6. The average Bonchev–Trinajstić information content (AvgIpc) is 3.06. The van der Waals surface area contributed by atoms with Crippen LogP contribution in [0.25, 0.3) is 0 Å². The van der Waals surface area contributed by atoms with Crippen molar-refractivity contribution in [3.05, 3.63) is 90.0 Å². The van der Waals surface area contributed by atoms with Crippen molar-refractivity contribution in [1.82, 2.24) is 4.72 Å². The van der Waals surface area contributed by atoms with E-state index in [4.69, 9.17) is 0 Å². The first-order valence-electron chi connectivity index (χ1n) is 10.4. The van der Waals surface area contributed by atoms with E-state index in [1.165, 1.54) is 11.6 Å². The van der Waals surface area contributed by atoms with Crippen LogP contribution in [0.4, 0.5) is 11.4 Å². The van der Waals surface area contributed by atoms with Crippen LogP contribution in [0.3, 0.4) is 0 Å². The predicted molar refractivity (Wildman–Crippen MR) is 126 cm³/mol. The molecule has 4 rings (SSSR count). The zero-order chi connectivity index (χ0) is 22.4. The SMILES string of the molecule is O=C(CCN=C1NS(=O)(=O)c2ccccc21)Nc1ccc(NCCc2ccccc2)cc1. The Morgan fingerprint density at radius 1 is 0.875 bits per heavy atom. The van der Waals surface area contributed by atoms with Gasteiger partial charge in [0.2, 0.25) is 5.91 Å². The molecule has 32 heavy (non-hydrogen) atoms. The van der Waals surface area contributed by atoms with Gasteiger partial charge in [0.25, 0.3) is 10.0 Å². The molecule has 0 unspecified atom stereocenters. The number of carbonyl (C=O) groups is 1. The summed E-state index contributed by atoms with van der Waals surface area (Å²) in [5, 5.41) is 6.20. The molecule has 0 saturated carbocycles. The maximum atomic E-state index is 12.2. The molecule has 164 valence electrons. The zero-order valence-electron chi connectivity index (χ0n) is 17.4. The van der Waals surface area contributed by atoms with E-state index in [1.54, 1.807) is 18.2 Å². The van der Waals surface area contributed by atoms with Crippen molar-refractivity contribution < 1.29 is 13.2 Å². The lowest BCUT2D eigenvalue weighted by Gasteiger charge is -2.09. The van der Waals surface area contributed by atoms with Crippen LogP contribution in [0.1, 0.15) is 17.5 Å². The van der Waals surface area contributed by atoms with Crippen molar-refractivity contribution in [1.29, 1.82) is 0 Å². The number of amidine groups is 1. The number of carbonyl (C=O) groups excluding carboxylic acids is 1. The highest BCUT2D eigenvalue weighted by Gasteiger charge is 2.29. The minimum Gasteiger partial charge on any atom is -0.385 e. The number of amides is 1. The van der Waals surface area contributed by atoms with Gasteiger partial charge >= 0.3 is 0 Å². The molecule has 8 heteroatoms. The largest absolute Gasteiger partial charge is 0.385 e. The van der Waals surface area contributed by atoms with Crippen LogP contribution >= 0.6 is 0 Å². The fraction of sp³-hybridized carbons (Fsp3) is 0.167. The molecule has 3 aromatic rings. The quantitative estimate of drug-likeness (QED) is 0.492. The number of hydrogen-bond donors (Lipinski definition) is 3.